The molecule has 1 aromatic rings. The molecule has 0 bridgehead atoms. The number of thiophene rings is 1. The van der Waals surface area contributed by atoms with E-state index < -0.39 is 0 Å². The SMILES string of the molecule is CC1CN(C)CCCN1CC(=O)c1cc(Cl)sc1Cl. The smallest absolute Gasteiger partial charge is 0.179 e. The van der Waals surface area contributed by atoms with Crippen molar-refractivity contribution >= 4 is 40.3 Å². The highest BCUT2D eigenvalue weighted by Gasteiger charge is 2.23. The van der Waals surface area contributed by atoms with Crippen molar-refractivity contribution in [1.29, 1.82) is 0 Å². The average molecular weight is 321 g/mol. The first-order valence-electron chi connectivity index (χ1n) is 6.38. The number of rotatable bonds is 3. The average Bonchev–Trinajstić information content (AvgIpc) is 2.58. The van der Waals surface area contributed by atoms with E-state index in [1.165, 1.54) is 11.3 Å². The number of likely N-dealkylation sites (N-methyl/N-ethyl adjacent to an activating group) is 1. The van der Waals surface area contributed by atoms with Gasteiger partial charge in [0.05, 0.1) is 16.4 Å². The Labute approximate surface area is 128 Å². The van der Waals surface area contributed by atoms with Crippen molar-refractivity contribution in [3.05, 3.63) is 20.3 Å². The van der Waals surface area contributed by atoms with E-state index in [0.29, 0.717) is 26.8 Å². The van der Waals surface area contributed by atoms with Crippen LogP contribution in [-0.2, 0) is 0 Å². The van der Waals surface area contributed by atoms with Gasteiger partial charge in [0.1, 0.15) is 4.34 Å². The molecule has 1 aliphatic heterocycles. The number of carbonyl (C=O) groups excluding carboxylic acids is 1. The molecule has 1 atom stereocenters. The highest BCUT2D eigenvalue weighted by atomic mass is 35.5. The first-order valence-corrected chi connectivity index (χ1v) is 7.95. The third kappa shape index (κ3) is 3.92. The van der Waals surface area contributed by atoms with Gasteiger partial charge < -0.3 is 4.90 Å². The van der Waals surface area contributed by atoms with Gasteiger partial charge in [-0.2, -0.15) is 0 Å². The van der Waals surface area contributed by atoms with Crippen molar-refractivity contribution in [2.24, 2.45) is 0 Å². The molecule has 0 saturated carbocycles. The summed E-state index contributed by atoms with van der Waals surface area (Å²) < 4.78 is 1.06. The van der Waals surface area contributed by atoms with Crippen molar-refractivity contribution in [2.75, 3.05) is 33.2 Å². The molecule has 3 nitrogen and oxygen atoms in total. The second-order valence-corrected chi connectivity index (χ2v) is 7.38. The number of halogens is 2. The van der Waals surface area contributed by atoms with E-state index in [4.69, 9.17) is 23.2 Å². The van der Waals surface area contributed by atoms with Gasteiger partial charge in [-0.1, -0.05) is 23.2 Å². The van der Waals surface area contributed by atoms with E-state index in [1.807, 2.05) is 0 Å². The summed E-state index contributed by atoms with van der Waals surface area (Å²) in [6.07, 6.45) is 1.09. The molecule has 0 aliphatic carbocycles. The number of carbonyl (C=O) groups is 1. The van der Waals surface area contributed by atoms with E-state index >= 15 is 0 Å². The first kappa shape index (κ1) is 15.3. The summed E-state index contributed by atoms with van der Waals surface area (Å²) in [6, 6.07) is 2.05. The van der Waals surface area contributed by atoms with Crippen molar-refractivity contribution in [1.82, 2.24) is 9.80 Å². The molecule has 0 aromatic carbocycles. The Kier molecular flexibility index (Phi) is 5.26. The van der Waals surface area contributed by atoms with Crippen LogP contribution in [0.15, 0.2) is 6.07 Å². The van der Waals surface area contributed by atoms with Gasteiger partial charge in [0, 0.05) is 19.1 Å². The van der Waals surface area contributed by atoms with E-state index in [2.05, 4.69) is 23.8 Å². The number of hydrogen-bond donors (Lipinski definition) is 0. The van der Waals surface area contributed by atoms with Gasteiger partial charge in [0.25, 0.3) is 0 Å². The molecule has 0 radical (unpaired) electrons. The second-order valence-electron chi connectivity index (χ2n) is 5.10. The summed E-state index contributed by atoms with van der Waals surface area (Å²) in [5.74, 6) is 0.0598. The Balaban J connectivity index is 2.03. The number of nitrogens with zero attached hydrogens (tertiary/aromatic N) is 2. The van der Waals surface area contributed by atoms with Gasteiger partial charge in [-0.25, -0.2) is 0 Å². The van der Waals surface area contributed by atoms with Crippen molar-refractivity contribution in [3.8, 4) is 0 Å². The van der Waals surface area contributed by atoms with Gasteiger partial charge in [0.15, 0.2) is 5.78 Å². The predicted octanol–water partition coefficient (Wildman–Crippen LogP) is 3.26. The maximum absolute atomic E-state index is 12.3. The lowest BCUT2D eigenvalue weighted by atomic mass is 10.2. The third-order valence-electron chi connectivity index (χ3n) is 3.49. The summed E-state index contributed by atoms with van der Waals surface area (Å²) in [6.45, 7) is 5.61. The van der Waals surface area contributed by atoms with Crippen molar-refractivity contribution in [2.45, 2.75) is 19.4 Å². The number of Topliss-reactive ketones (excluding diaryl/α,β-unsaturated/α-hetero) is 1. The van der Waals surface area contributed by atoms with E-state index in [1.54, 1.807) is 6.07 Å². The van der Waals surface area contributed by atoms with E-state index in [9.17, 15) is 4.79 Å². The van der Waals surface area contributed by atoms with Crippen LogP contribution in [0.3, 0.4) is 0 Å². The molecule has 2 heterocycles. The Morgan fingerprint density at radius 1 is 1.47 bits per heavy atom. The Hall–Kier alpha value is -0.130. The van der Waals surface area contributed by atoms with Crippen LogP contribution in [0.4, 0.5) is 0 Å². The third-order valence-corrected chi connectivity index (χ3v) is 4.98. The lowest BCUT2D eigenvalue weighted by Gasteiger charge is -2.27. The Bertz CT molecular complexity index is 463. The van der Waals surface area contributed by atoms with Crippen LogP contribution in [0, 0.1) is 0 Å². The summed E-state index contributed by atoms with van der Waals surface area (Å²) in [5, 5.41) is 0. The standard InChI is InChI=1S/C13H18Cl2N2OS/c1-9-7-16(2)4-3-5-17(9)8-11(18)10-6-12(14)19-13(10)15/h6,9H,3-5,7-8H2,1-2H3. The van der Waals surface area contributed by atoms with E-state index in [-0.39, 0.29) is 5.78 Å². The topological polar surface area (TPSA) is 23.6 Å². The summed E-state index contributed by atoms with van der Waals surface area (Å²) in [7, 11) is 2.12. The Morgan fingerprint density at radius 2 is 2.21 bits per heavy atom. The fourth-order valence-corrected chi connectivity index (χ4v) is 3.96. The predicted molar refractivity (Wildman–Crippen MR) is 81.8 cm³/mol. The van der Waals surface area contributed by atoms with Gasteiger partial charge in [-0.05, 0) is 33.0 Å². The molecule has 1 aromatic heterocycles. The minimum absolute atomic E-state index is 0.0598. The summed E-state index contributed by atoms with van der Waals surface area (Å²) >= 11 is 13.2. The van der Waals surface area contributed by atoms with Gasteiger partial charge in [-0.3, -0.25) is 9.69 Å². The minimum atomic E-state index is 0.0598. The highest BCUT2D eigenvalue weighted by molar-refractivity contribution is 7.20. The zero-order valence-corrected chi connectivity index (χ0v) is 13.5. The van der Waals surface area contributed by atoms with Gasteiger partial charge in [0.2, 0.25) is 0 Å². The largest absolute Gasteiger partial charge is 0.305 e. The van der Waals surface area contributed by atoms with Crippen LogP contribution in [0.1, 0.15) is 23.7 Å². The molecule has 0 spiro atoms. The molecule has 1 unspecified atom stereocenters. The summed E-state index contributed by atoms with van der Waals surface area (Å²) in [5.41, 5.74) is 0.557. The normalized spacial score (nSPS) is 22.4. The fourth-order valence-electron chi connectivity index (χ4n) is 2.46. The van der Waals surface area contributed by atoms with Crippen LogP contribution >= 0.6 is 34.5 Å². The van der Waals surface area contributed by atoms with Crippen LogP contribution in [0.5, 0.6) is 0 Å². The monoisotopic (exact) mass is 320 g/mol. The molecular formula is C13H18Cl2N2OS. The second kappa shape index (κ2) is 6.55. The molecule has 0 N–H and O–H groups in total. The van der Waals surface area contributed by atoms with Crippen molar-refractivity contribution < 1.29 is 4.79 Å². The van der Waals surface area contributed by atoms with Crippen LogP contribution in [0.2, 0.25) is 8.67 Å². The first-order chi connectivity index (χ1) is 8.97. The maximum Gasteiger partial charge on any atom is 0.179 e. The van der Waals surface area contributed by atoms with Crippen LogP contribution in [-0.4, -0.2) is 54.9 Å². The molecule has 6 heteroatoms. The molecule has 1 fully saturated rings. The van der Waals surface area contributed by atoms with Gasteiger partial charge >= 0.3 is 0 Å². The molecule has 1 saturated heterocycles. The lowest BCUT2D eigenvalue weighted by molar-refractivity contribution is 0.0901. The fraction of sp³-hybridized carbons (Fsp3) is 0.615. The lowest BCUT2D eigenvalue weighted by Crippen LogP contribution is -2.40. The zero-order valence-electron chi connectivity index (χ0n) is 11.2. The van der Waals surface area contributed by atoms with Crippen molar-refractivity contribution in [3.63, 3.8) is 0 Å². The minimum Gasteiger partial charge on any atom is -0.305 e. The zero-order chi connectivity index (χ0) is 14.0. The summed E-state index contributed by atoms with van der Waals surface area (Å²) in [4.78, 5) is 16.8. The molecule has 19 heavy (non-hydrogen) atoms. The maximum atomic E-state index is 12.3. The molecular weight excluding hydrogens is 303 g/mol. The highest BCUT2D eigenvalue weighted by Crippen LogP contribution is 2.31. The molecule has 2 rings (SSSR count). The number of ketones is 1. The van der Waals surface area contributed by atoms with E-state index in [0.717, 1.165) is 26.1 Å². The molecule has 1 aliphatic rings. The molecule has 0 amide bonds. The quantitative estimate of drug-likeness (QED) is 0.799. The van der Waals surface area contributed by atoms with Crippen LogP contribution in [0.25, 0.3) is 0 Å². The van der Waals surface area contributed by atoms with Gasteiger partial charge in [-0.15, -0.1) is 11.3 Å². The van der Waals surface area contributed by atoms with Crippen LogP contribution < -0.4 is 0 Å². The Morgan fingerprint density at radius 3 is 2.84 bits per heavy atom. The molecule has 106 valence electrons. The number of hydrogen-bond acceptors (Lipinski definition) is 4.